The van der Waals surface area contributed by atoms with E-state index in [9.17, 15) is 15.0 Å². The number of hydrogen-bond acceptors (Lipinski definition) is 5. The number of Topliss-reactive ketones (excluding diaryl/α,β-unsaturated/α-hetero) is 1. The van der Waals surface area contributed by atoms with Gasteiger partial charge in [0.1, 0.15) is 34.7 Å². The van der Waals surface area contributed by atoms with Crippen molar-refractivity contribution in [3.63, 3.8) is 0 Å². The number of carbonyl (C=O) groups excluding carboxylic acids is 1. The van der Waals surface area contributed by atoms with E-state index in [2.05, 4.69) is 0 Å². The number of fused-ring (bicyclic) bond motifs is 1. The molecule has 0 saturated carbocycles. The van der Waals surface area contributed by atoms with E-state index in [0.717, 1.165) is 11.1 Å². The van der Waals surface area contributed by atoms with Crippen LogP contribution >= 0.6 is 0 Å². The Morgan fingerprint density at radius 2 is 1.75 bits per heavy atom. The van der Waals surface area contributed by atoms with Gasteiger partial charge in [0.05, 0.1) is 12.5 Å². The van der Waals surface area contributed by atoms with Gasteiger partial charge in [0.25, 0.3) is 0 Å². The van der Waals surface area contributed by atoms with E-state index in [0.29, 0.717) is 17.2 Å². The molecular weight excluding hydrogens is 356 g/mol. The molecule has 0 bridgehead atoms. The molecule has 1 aliphatic rings. The first-order chi connectivity index (χ1) is 13.5. The zero-order valence-corrected chi connectivity index (χ0v) is 15.3. The molecule has 0 fully saturated rings. The van der Waals surface area contributed by atoms with E-state index in [-0.39, 0.29) is 23.5 Å². The van der Waals surface area contributed by atoms with Gasteiger partial charge in [0.2, 0.25) is 0 Å². The number of phenolic OH excluding ortho intramolecular Hbond substituents is 1. The van der Waals surface area contributed by atoms with Gasteiger partial charge in [-0.1, -0.05) is 42.5 Å². The van der Waals surface area contributed by atoms with Crippen LogP contribution in [0, 0.1) is 0 Å². The second kappa shape index (κ2) is 7.37. The van der Waals surface area contributed by atoms with Crippen molar-refractivity contribution in [3.8, 4) is 23.0 Å². The average Bonchev–Trinajstić information content (AvgIpc) is 2.68. The van der Waals surface area contributed by atoms with Crippen LogP contribution < -0.4 is 9.47 Å². The van der Waals surface area contributed by atoms with Crippen molar-refractivity contribution in [2.45, 2.75) is 25.6 Å². The Morgan fingerprint density at radius 1 is 1.04 bits per heavy atom. The molecule has 1 heterocycles. The Kier molecular flexibility index (Phi) is 4.75. The zero-order valence-electron chi connectivity index (χ0n) is 15.3. The molecule has 0 radical (unpaired) electrons. The molecule has 1 aliphatic heterocycles. The van der Waals surface area contributed by atoms with E-state index in [1.165, 1.54) is 6.07 Å². The Balaban J connectivity index is 1.62. The van der Waals surface area contributed by atoms with Gasteiger partial charge in [0, 0.05) is 12.1 Å². The third-order valence-electron chi connectivity index (χ3n) is 4.74. The molecule has 2 atom stereocenters. The van der Waals surface area contributed by atoms with Gasteiger partial charge in [0.15, 0.2) is 5.78 Å². The highest BCUT2D eigenvalue weighted by atomic mass is 16.5. The van der Waals surface area contributed by atoms with Crippen LogP contribution in [-0.2, 0) is 0 Å². The fraction of sp³-hybridized carbons (Fsp3) is 0.174. The van der Waals surface area contributed by atoms with Gasteiger partial charge >= 0.3 is 0 Å². The van der Waals surface area contributed by atoms with Gasteiger partial charge in [-0.2, -0.15) is 0 Å². The molecule has 2 N–H and O–H groups in total. The quantitative estimate of drug-likeness (QED) is 0.674. The standard InChI is InChI=1S/C23H20O5/c1-14(24)15-7-9-17(10-8-15)27-18-11-19(25)23-20(26)13-21(28-22(23)12-18)16-5-3-2-4-6-16/h2-12,14,21,24-25H,13H2,1H3. The first kappa shape index (κ1) is 18.1. The van der Waals surface area contributed by atoms with Crippen molar-refractivity contribution in [2.75, 3.05) is 0 Å². The minimum Gasteiger partial charge on any atom is -0.507 e. The average molecular weight is 376 g/mol. The predicted octanol–water partition coefficient (Wildman–Crippen LogP) is 4.94. The summed E-state index contributed by atoms with van der Waals surface area (Å²) in [7, 11) is 0. The summed E-state index contributed by atoms with van der Waals surface area (Å²) in [6, 6.07) is 19.5. The molecule has 0 aliphatic carbocycles. The van der Waals surface area contributed by atoms with E-state index in [1.807, 2.05) is 30.3 Å². The number of rotatable bonds is 4. The van der Waals surface area contributed by atoms with Crippen molar-refractivity contribution < 1.29 is 24.5 Å². The summed E-state index contributed by atoms with van der Waals surface area (Å²) in [5, 5.41) is 19.9. The van der Waals surface area contributed by atoms with Crippen LogP contribution in [0.2, 0.25) is 0 Å². The van der Waals surface area contributed by atoms with Gasteiger partial charge in [-0.25, -0.2) is 0 Å². The molecular formula is C23H20O5. The van der Waals surface area contributed by atoms with Crippen LogP contribution in [0.3, 0.4) is 0 Å². The molecule has 0 saturated heterocycles. The molecule has 0 amide bonds. The second-order valence-corrected chi connectivity index (χ2v) is 6.81. The first-order valence-corrected chi connectivity index (χ1v) is 9.09. The summed E-state index contributed by atoms with van der Waals surface area (Å²) in [6.07, 6.45) is -0.789. The van der Waals surface area contributed by atoms with Crippen LogP contribution in [0.15, 0.2) is 66.7 Å². The number of ketones is 1. The SMILES string of the molecule is CC(O)c1ccc(Oc2cc(O)c3c(c2)OC(c2ccccc2)CC3=O)cc1. The number of carbonyl (C=O) groups is 1. The van der Waals surface area contributed by atoms with Gasteiger partial charge in [-0.15, -0.1) is 0 Å². The van der Waals surface area contributed by atoms with Gasteiger partial charge in [-0.3, -0.25) is 4.79 Å². The Hall–Kier alpha value is -3.31. The monoisotopic (exact) mass is 376 g/mol. The third-order valence-corrected chi connectivity index (χ3v) is 4.74. The molecule has 28 heavy (non-hydrogen) atoms. The fourth-order valence-electron chi connectivity index (χ4n) is 3.28. The summed E-state index contributed by atoms with van der Waals surface area (Å²) in [6.45, 7) is 1.69. The number of aromatic hydroxyl groups is 1. The number of hydrogen-bond donors (Lipinski definition) is 2. The largest absolute Gasteiger partial charge is 0.507 e. The van der Waals surface area contributed by atoms with Crippen LogP contribution in [-0.4, -0.2) is 16.0 Å². The molecule has 3 aromatic carbocycles. The van der Waals surface area contributed by atoms with E-state index in [4.69, 9.17) is 9.47 Å². The Labute approximate surface area is 162 Å². The third kappa shape index (κ3) is 3.57. The van der Waals surface area contributed by atoms with Crippen LogP contribution in [0.1, 0.15) is 47.0 Å². The normalized spacial score (nSPS) is 16.8. The van der Waals surface area contributed by atoms with Crippen LogP contribution in [0.4, 0.5) is 0 Å². The number of benzene rings is 3. The Bertz CT molecular complexity index is 994. The summed E-state index contributed by atoms with van der Waals surface area (Å²) in [5.41, 5.74) is 1.87. The zero-order chi connectivity index (χ0) is 19.7. The lowest BCUT2D eigenvalue weighted by Gasteiger charge is -2.26. The maximum Gasteiger partial charge on any atom is 0.174 e. The minimum absolute atomic E-state index is 0.162. The molecule has 3 aromatic rings. The van der Waals surface area contributed by atoms with Crippen molar-refractivity contribution in [1.29, 1.82) is 0 Å². The number of phenols is 1. The fourth-order valence-corrected chi connectivity index (χ4v) is 3.28. The van der Waals surface area contributed by atoms with Crippen molar-refractivity contribution in [1.82, 2.24) is 0 Å². The topological polar surface area (TPSA) is 76.0 Å². The highest BCUT2D eigenvalue weighted by molar-refractivity contribution is 6.02. The van der Waals surface area contributed by atoms with Crippen LogP contribution in [0.25, 0.3) is 0 Å². The number of aliphatic hydroxyl groups is 1. The molecule has 2 unspecified atom stereocenters. The van der Waals surface area contributed by atoms with E-state index < -0.39 is 12.2 Å². The second-order valence-electron chi connectivity index (χ2n) is 6.81. The summed E-state index contributed by atoms with van der Waals surface area (Å²) < 4.78 is 11.8. The summed E-state index contributed by atoms with van der Waals surface area (Å²) in [5.74, 6) is 0.888. The highest BCUT2D eigenvalue weighted by Crippen LogP contribution is 2.42. The Morgan fingerprint density at radius 3 is 2.43 bits per heavy atom. The van der Waals surface area contributed by atoms with Gasteiger partial charge < -0.3 is 19.7 Å². The first-order valence-electron chi connectivity index (χ1n) is 9.09. The van der Waals surface area contributed by atoms with Crippen molar-refractivity contribution in [3.05, 3.63) is 83.4 Å². The molecule has 0 aromatic heterocycles. The van der Waals surface area contributed by atoms with E-state index in [1.54, 1.807) is 37.3 Å². The molecule has 142 valence electrons. The molecule has 0 spiro atoms. The molecule has 5 heteroatoms. The minimum atomic E-state index is -0.559. The molecule has 4 rings (SSSR count). The summed E-state index contributed by atoms with van der Waals surface area (Å²) >= 11 is 0. The molecule has 5 nitrogen and oxygen atoms in total. The lowest BCUT2D eigenvalue weighted by Crippen LogP contribution is -2.20. The van der Waals surface area contributed by atoms with Crippen molar-refractivity contribution >= 4 is 5.78 Å². The lowest BCUT2D eigenvalue weighted by molar-refractivity contribution is 0.0845. The van der Waals surface area contributed by atoms with Gasteiger partial charge in [-0.05, 0) is 30.2 Å². The number of aliphatic hydroxyl groups excluding tert-OH is 1. The smallest absolute Gasteiger partial charge is 0.174 e. The van der Waals surface area contributed by atoms with Crippen LogP contribution in [0.5, 0.6) is 23.0 Å². The highest BCUT2D eigenvalue weighted by Gasteiger charge is 2.30. The number of ether oxygens (including phenoxy) is 2. The van der Waals surface area contributed by atoms with Crippen molar-refractivity contribution in [2.24, 2.45) is 0 Å². The summed E-state index contributed by atoms with van der Waals surface area (Å²) in [4.78, 5) is 12.6. The lowest BCUT2D eigenvalue weighted by atomic mass is 9.95. The maximum atomic E-state index is 12.6. The predicted molar refractivity (Wildman–Crippen MR) is 104 cm³/mol. The maximum absolute atomic E-state index is 12.6. The van der Waals surface area contributed by atoms with E-state index >= 15 is 0 Å².